The van der Waals surface area contributed by atoms with Crippen LogP contribution in [0.2, 0.25) is 0 Å². The molecule has 2 saturated carbocycles. The van der Waals surface area contributed by atoms with E-state index < -0.39 is 0 Å². The highest BCUT2D eigenvalue weighted by Gasteiger charge is 2.25. The first-order chi connectivity index (χ1) is 6.86. The molecule has 0 aromatic heterocycles. The van der Waals surface area contributed by atoms with Crippen LogP contribution in [0.3, 0.4) is 0 Å². The van der Waals surface area contributed by atoms with E-state index in [1.165, 1.54) is 51.4 Å². The Balaban J connectivity index is 1.67. The van der Waals surface area contributed by atoms with Crippen LogP contribution in [0, 0.1) is 5.92 Å². The summed E-state index contributed by atoms with van der Waals surface area (Å²) in [5, 5.41) is 0. The summed E-state index contributed by atoms with van der Waals surface area (Å²) in [5.74, 6) is 0.872. The van der Waals surface area contributed by atoms with Gasteiger partial charge in [0, 0.05) is 11.4 Å². The normalized spacial score (nSPS) is 34.9. The minimum atomic E-state index is 0.504. The largest absolute Gasteiger partial charge is 0.377 e. The predicted molar refractivity (Wildman–Crippen MR) is 62.9 cm³/mol. The first-order valence-electron chi connectivity index (χ1n) is 6.12. The maximum atomic E-state index is 6.03. The van der Waals surface area contributed by atoms with Crippen LogP contribution >= 0.6 is 15.9 Å². The molecule has 0 saturated heterocycles. The van der Waals surface area contributed by atoms with E-state index in [9.17, 15) is 0 Å². The average molecular weight is 261 g/mol. The number of ether oxygens (including phenoxy) is 1. The molecule has 2 rings (SSSR count). The zero-order valence-corrected chi connectivity index (χ0v) is 10.5. The van der Waals surface area contributed by atoms with E-state index in [1.807, 2.05) is 0 Å². The van der Waals surface area contributed by atoms with Gasteiger partial charge < -0.3 is 4.74 Å². The number of rotatable bonds is 3. The monoisotopic (exact) mass is 260 g/mol. The molecule has 0 N–H and O–H groups in total. The lowest BCUT2D eigenvalue weighted by Gasteiger charge is -2.28. The third kappa shape index (κ3) is 2.96. The van der Waals surface area contributed by atoms with Crippen LogP contribution < -0.4 is 0 Å². The highest BCUT2D eigenvalue weighted by molar-refractivity contribution is 9.09. The minimum absolute atomic E-state index is 0.504. The number of halogens is 1. The summed E-state index contributed by atoms with van der Waals surface area (Å²) in [5.41, 5.74) is 0. The van der Waals surface area contributed by atoms with E-state index in [2.05, 4.69) is 15.9 Å². The van der Waals surface area contributed by atoms with Crippen molar-refractivity contribution in [3.05, 3.63) is 0 Å². The van der Waals surface area contributed by atoms with E-state index in [-0.39, 0.29) is 0 Å². The molecule has 0 spiro atoms. The molecule has 2 heteroatoms. The summed E-state index contributed by atoms with van der Waals surface area (Å²) < 4.78 is 6.03. The second kappa shape index (κ2) is 5.50. The first-order valence-corrected chi connectivity index (χ1v) is 7.03. The standard InChI is InChI=1S/C12H21BrO/c13-11-7-3-4-8-12(11)14-9-10-5-1-2-6-10/h10-12H,1-9H2. The molecule has 0 bridgehead atoms. The fraction of sp³-hybridized carbons (Fsp3) is 1.00. The van der Waals surface area contributed by atoms with Gasteiger partial charge in [0.15, 0.2) is 0 Å². The smallest absolute Gasteiger partial charge is 0.0700 e. The van der Waals surface area contributed by atoms with Crippen molar-refractivity contribution in [3.63, 3.8) is 0 Å². The van der Waals surface area contributed by atoms with E-state index in [1.54, 1.807) is 0 Å². The summed E-state index contributed by atoms with van der Waals surface area (Å²) >= 11 is 3.74. The van der Waals surface area contributed by atoms with Crippen LogP contribution in [-0.4, -0.2) is 17.5 Å². The molecule has 0 radical (unpaired) electrons. The van der Waals surface area contributed by atoms with Gasteiger partial charge in [-0.1, -0.05) is 41.6 Å². The van der Waals surface area contributed by atoms with Gasteiger partial charge >= 0.3 is 0 Å². The summed E-state index contributed by atoms with van der Waals surface area (Å²) in [6.07, 6.45) is 11.5. The van der Waals surface area contributed by atoms with Crippen molar-refractivity contribution < 1.29 is 4.74 Å². The summed E-state index contributed by atoms with van der Waals surface area (Å²) in [6, 6.07) is 0. The minimum Gasteiger partial charge on any atom is -0.377 e. The van der Waals surface area contributed by atoms with Gasteiger partial charge in [0.1, 0.15) is 0 Å². The van der Waals surface area contributed by atoms with E-state index in [0.717, 1.165) is 12.5 Å². The molecule has 14 heavy (non-hydrogen) atoms. The van der Waals surface area contributed by atoms with Gasteiger partial charge in [-0.2, -0.15) is 0 Å². The Bertz CT molecular complexity index is 166. The van der Waals surface area contributed by atoms with Crippen molar-refractivity contribution in [2.75, 3.05) is 6.61 Å². The van der Waals surface area contributed by atoms with Gasteiger partial charge in [0.05, 0.1) is 6.10 Å². The SMILES string of the molecule is BrC1CCCCC1OCC1CCCC1. The zero-order valence-electron chi connectivity index (χ0n) is 8.88. The van der Waals surface area contributed by atoms with Gasteiger partial charge in [0.2, 0.25) is 0 Å². The molecule has 0 heterocycles. The van der Waals surface area contributed by atoms with Crippen LogP contribution in [0.25, 0.3) is 0 Å². The molecule has 2 unspecified atom stereocenters. The van der Waals surface area contributed by atoms with Crippen LogP contribution in [0.4, 0.5) is 0 Å². The molecule has 0 aromatic carbocycles. The van der Waals surface area contributed by atoms with Crippen molar-refractivity contribution in [2.24, 2.45) is 5.92 Å². The molecule has 82 valence electrons. The Morgan fingerprint density at radius 1 is 0.929 bits per heavy atom. The second-order valence-electron chi connectivity index (χ2n) is 4.82. The number of hydrogen-bond acceptors (Lipinski definition) is 1. The summed E-state index contributed by atoms with van der Waals surface area (Å²) in [6.45, 7) is 1.02. The van der Waals surface area contributed by atoms with E-state index in [0.29, 0.717) is 10.9 Å². The Hall–Kier alpha value is 0.440. The molecule has 2 aliphatic rings. The maximum absolute atomic E-state index is 6.03. The Morgan fingerprint density at radius 3 is 2.29 bits per heavy atom. The Labute approximate surface area is 95.7 Å². The Kier molecular flexibility index (Phi) is 4.30. The molecular weight excluding hydrogens is 240 g/mol. The molecule has 0 aromatic rings. The molecule has 1 nitrogen and oxygen atoms in total. The second-order valence-corrected chi connectivity index (χ2v) is 6.00. The lowest BCUT2D eigenvalue weighted by atomic mass is 9.97. The van der Waals surface area contributed by atoms with Crippen molar-refractivity contribution in [1.29, 1.82) is 0 Å². The molecule has 2 aliphatic carbocycles. The van der Waals surface area contributed by atoms with Crippen molar-refractivity contribution in [2.45, 2.75) is 62.3 Å². The van der Waals surface area contributed by atoms with E-state index >= 15 is 0 Å². The highest BCUT2D eigenvalue weighted by Crippen LogP contribution is 2.30. The van der Waals surface area contributed by atoms with Crippen molar-refractivity contribution in [1.82, 2.24) is 0 Å². The lowest BCUT2D eigenvalue weighted by molar-refractivity contribution is 0.0143. The van der Waals surface area contributed by atoms with Gasteiger partial charge in [0.25, 0.3) is 0 Å². The topological polar surface area (TPSA) is 9.23 Å². The van der Waals surface area contributed by atoms with E-state index in [4.69, 9.17) is 4.74 Å². The molecular formula is C12H21BrO. The lowest BCUT2D eigenvalue weighted by Crippen LogP contribution is -2.29. The van der Waals surface area contributed by atoms with Gasteiger partial charge in [-0.05, 0) is 31.6 Å². The summed E-state index contributed by atoms with van der Waals surface area (Å²) in [4.78, 5) is 0.623. The van der Waals surface area contributed by atoms with Crippen molar-refractivity contribution >= 4 is 15.9 Å². The molecule has 2 atom stereocenters. The van der Waals surface area contributed by atoms with Crippen LogP contribution in [0.5, 0.6) is 0 Å². The first kappa shape index (κ1) is 10.9. The van der Waals surface area contributed by atoms with Gasteiger partial charge in [-0.15, -0.1) is 0 Å². The van der Waals surface area contributed by atoms with Gasteiger partial charge in [-0.3, -0.25) is 0 Å². The third-order valence-electron chi connectivity index (χ3n) is 3.64. The predicted octanol–water partition coefficient (Wildman–Crippen LogP) is 3.90. The Morgan fingerprint density at radius 2 is 1.57 bits per heavy atom. The third-order valence-corrected chi connectivity index (χ3v) is 4.69. The molecule has 0 aliphatic heterocycles. The fourth-order valence-corrected chi connectivity index (χ4v) is 3.42. The van der Waals surface area contributed by atoms with Crippen LogP contribution in [0.1, 0.15) is 51.4 Å². The molecule has 0 amide bonds. The molecule has 2 fully saturated rings. The number of alkyl halides is 1. The quantitative estimate of drug-likeness (QED) is 0.700. The van der Waals surface area contributed by atoms with Gasteiger partial charge in [-0.25, -0.2) is 0 Å². The maximum Gasteiger partial charge on any atom is 0.0700 e. The summed E-state index contributed by atoms with van der Waals surface area (Å²) in [7, 11) is 0. The average Bonchev–Trinajstić information content (AvgIpc) is 2.69. The highest BCUT2D eigenvalue weighted by atomic mass is 79.9. The van der Waals surface area contributed by atoms with Crippen LogP contribution in [0.15, 0.2) is 0 Å². The van der Waals surface area contributed by atoms with Crippen molar-refractivity contribution in [3.8, 4) is 0 Å². The fourth-order valence-electron chi connectivity index (χ4n) is 2.68. The zero-order chi connectivity index (χ0) is 9.80. The van der Waals surface area contributed by atoms with Crippen LogP contribution in [-0.2, 0) is 4.74 Å². The number of hydrogen-bond donors (Lipinski definition) is 0.